The number of hydrazone groups is 1. The number of benzene rings is 3. The summed E-state index contributed by atoms with van der Waals surface area (Å²) in [7, 11) is 0. The SMILES string of the molecule is O=C(CN1CCN(Cc2ccccc2Cl)CC1)NN=Cc1cccc(Oc2ccccc2)c1. The van der Waals surface area contributed by atoms with Crippen molar-refractivity contribution in [3.05, 3.63) is 95.0 Å². The van der Waals surface area contributed by atoms with Gasteiger partial charge < -0.3 is 4.74 Å². The highest BCUT2D eigenvalue weighted by Crippen LogP contribution is 2.21. The first-order valence-electron chi connectivity index (χ1n) is 11.0. The fraction of sp³-hybridized carbons (Fsp3) is 0.231. The number of hydrogen-bond acceptors (Lipinski definition) is 5. The summed E-state index contributed by atoms with van der Waals surface area (Å²) in [5.41, 5.74) is 4.60. The number of halogens is 1. The fourth-order valence-electron chi connectivity index (χ4n) is 3.67. The van der Waals surface area contributed by atoms with Crippen LogP contribution in [0, 0.1) is 0 Å². The van der Waals surface area contributed by atoms with E-state index in [0.717, 1.165) is 54.6 Å². The lowest BCUT2D eigenvalue weighted by Gasteiger charge is -2.34. The summed E-state index contributed by atoms with van der Waals surface area (Å²) in [4.78, 5) is 16.8. The Bertz CT molecular complexity index is 1080. The Morgan fingerprint density at radius 2 is 1.61 bits per heavy atom. The molecule has 7 heteroatoms. The van der Waals surface area contributed by atoms with Gasteiger partial charge in [-0.3, -0.25) is 14.6 Å². The molecule has 170 valence electrons. The van der Waals surface area contributed by atoms with E-state index in [1.165, 1.54) is 0 Å². The second-order valence-corrected chi connectivity index (χ2v) is 8.33. The molecule has 1 aliphatic rings. The van der Waals surface area contributed by atoms with Crippen molar-refractivity contribution in [1.29, 1.82) is 0 Å². The molecule has 1 saturated heterocycles. The summed E-state index contributed by atoms with van der Waals surface area (Å²) < 4.78 is 5.83. The van der Waals surface area contributed by atoms with E-state index in [1.54, 1.807) is 6.21 Å². The fourth-order valence-corrected chi connectivity index (χ4v) is 3.87. The summed E-state index contributed by atoms with van der Waals surface area (Å²) in [6.45, 7) is 4.62. The molecule has 33 heavy (non-hydrogen) atoms. The quantitative estimate of drug-likeness (QED) is 0.398. The molecule has 1 amide bonds. The minimum Gasteiger partial charge on any atom is -0.457 e. The molecule has 0 spiro atoms. The largest absolute Gasteiger partial charge is 0.457 e. The molecule has 1 fully saturated rings. The van der Waals surface area contributed by atoms with Crippen LogP contribution in [0.15, 0.2) is 84.0 Å². The highest BCUT2D eigenvalue weighted by molar-refractivity contribution is 6.31. The van der Waals surface area contributed by atoms with Crippen LogP contribution in [-0.4, -0.2) is 54.6 Å². The number of hydrogen-bond donors (Lipinski definition) is 1. The van der Waals surface area contributed by atoms with Gasteiger partial charge in [0, 0.05) is 37.7 Å². The monoisotopic (exact) mass is 462 g/mol. The molecule has 3 aromatic rings. The zero-order valence-electron chi connectivity index (χ0n) is 18.4. The zero-order valence-corrected chi connectivity index (χ0v) is 19.1. The van der Waals surface area contributed by atoms with Gasteiger partial charge in [-0.25, -0.2) is 5.43 Å². The maximum atomic E-state index is 12.3. The van der Waals surface area contributed by atoms with Crippen LogP contribution in [0.25, 0.3) is 0 Å². The van der Waals surface area contributed by atoms with Gasteiger partial charge in [0.1, 0.15) is 11.5 Å². The van der Waals surface area contributed by atoms with Crippen molar-refractivity contribution in [3.8, 4) is 11.5 Å². The highest BCUT2D eigenvalue weighted by Gasteiger charge is 2.19. The summed E-state index contributed by atoms with van der Waals surface area (Å²) in [5, 5.41) is 4.90. The van der Waals surface area contributed by atoms with E-state index in [1.807, 2.05) is 72.8 Å². The third-order valence-electron chi connectivity index (χ3n) is 5.42. The maximum absolute atomic E-state index is 12.3. The molecule has 0 saturated carbocycles. The van der Waals surface area contributed by atoms with Crippen LogP contribution in [0.3, 0.4) is 0 Å². The van der Waals surface area contributed by atoms with Crippen LogP contribution in [0.5, 0.6) is 11.5 Å². The zero-order chi connectivity index (χ0) is 22.9. The minimum absolute atomic E-state index is 0.123. The van der Waals surface area contributed by atoms with Gasteiger partial charge >= 0.3 is 0 Å². The molecule has 0 atom stereocenters. The lowest BCUT2D eigenvalue weighted by molar-refractivity contribution is -0.122. The van der Waals surface area contributed by atoms with Crippen molar-refractivity contribution >= 4 is 23.7 Å². The van der Waals surface area contributed by atoms with Crippen molar-refractivity contribution in [2.45, 2.75) is 6.54 Å². The van der Waals surface area contributed by atoms with E-state index >= 15 is 0 Å². The van der Waals surface area contributed by atoms with Gasteiger partial charge in [0.05, 0.1) is 12.8 Å². The number of rotatable bonds is 8. The average molecular weight is 463 g/mol. The van der Waals surface area contributed by atoms with Gasteiger partial charge in [0.25, 0.3) is 5.91 Å². The van der Waals surface area contributed by atoms with Crippen molar-refractivity contribution in [1.82, 2.24) is 15.2 Å². The summed E-state index contributed by atoms with van der Waals surface area (Å²) in [6, 6.07) is 25.1. The molecule has 1 aliphatic heterocycles. The van der Waals surface area contributed by atoms with Crippen LogP contribution >= 0.6 is 11.6 Å². The van der Waals surface area contributed by atoms with Crippen LogP contribution in [0.2, 0.25) is 5.02 Å². The van der Waals surface area contributed by atoms with Crippen LogP contribution in [0.1, 0.15) is 11.1 Å². The molecule has 0 aliphatic carbocycles. The molecule has 0 radical (unpaired) electrons. The topological polar surface area (TPSA) is 57.2 Å². The smallest absolute Gasteiger partial charge is 0.254 e. The number of nitrogens with one attached hydrogen (secondary N) is 1. The van der Waals surface area contributed by atoms with E-state index in [-0.39, 0.29) is 5.91 Å². The molecule has 4 rings (SSSR count). The second kappa shape index (κ2) is 11.6. The number of carbonyl (C=O) groups excluding carboxylic acids is 1. The summed E-state index contributed by atoms with van der Waals surface area (Å²) in [6.07, 6.45) is 1.62. The molecular formula is C26H27ClN4O2. The Balaban J connectivity index is 1.20. The third-order valence-corrected chi connectivity index (χ3v) is 5.79. The molecule has 1 N–H and O–H groups in total. The molecule has 3 aromatic carbocycles. The lowest BCUT2D eigenvalue weighted by Crippen LogP contribution is -2.48. The first-order valence-corrected chi connectivity index (χ1v) is 11.4. The standard InChI is InChI=1S/C26H27ClN4O2/c27-25-12-5-4-8-22(25)19-30-13-15-31(16-14-30)20-26(32)29-28-18-21-7-6-11-24(17-21)33-23-9-2-1-3-10-23/h1-12,17-18H,13-16,19-20H2,(H,29,32). The predicted molar refractivity (Wildman–Crippen MR) is 132 cm³/mol. The first kappa shape index (κ1) is 23.0. The average Bonchev–Trinajstić information content (AvgIpc) is 2.83. The highest BCUT2D eigenvalue weighted by atomic mass is 35.5. The number of amides is 1. The third kappa shape index (κ3) is 7.15. The van der Waals surface area contributed by atoms with E-state index < -0.39 is 0 Å². The van der Waals surface area contributed by atoms with E-state index in [2.05, 4.69) is 26.4 Å². The predicted octanol–water partition coefficient (Wildman–Crippen LogP) is 4.40. The summed E-state index contributed by atoms with van der Waals surface area (Å²) >= 11 is 6.27. The Morgan fingerprint density at radius 1 is 0.909 bits per heavy atom. The second-order valence-electron chi connectivity index (χ2n) is 7.92. The van der Waals surface area contributed by atoms with Crippen molar-refractivity contribution in [2.75, 3.05) is 32.7 Å². The van der Waals surface area contributed by atoms with Gasteiger partial charge in [-0.15, -0.1) is 0 Å². The first-order chi connectivity index (χ1) is 16.2. The molecule has 0 aromatic heterocycles. The maximum Gasteiger partial charge on any atom is 0.254 e. The molecular weight excluding hydrogens is 436 g/mol. The Labute approximate surface area is 199 Å². The Hall–Kier alpha value is -3.19. The van der Waals surface area contributed by atoms with Crippen molar-refractivity contribution in [2.24, 2.45) is 5.10 Å². The minimum atomic E-state index is -0.123. The molecule has 6 nitrogen and oxygen atoms in total. The Kier molecular flexibility index (Phi) is 8.09. The van der Waals surface area contributed by atoms with Gasteiger partial charge in [0.2, 0.25) is 0 Å². The molecule has 0 unspecified atom stereocenters. The van der Waals surface area contributed by atoms with Crippen molar-refractivity contribution in [3.63, 3.8) is 0 Å². The van der Waals surface area contributed by atoms with E-state index in [0.29, 0.717) is 12.3 Å². The normalized spacial score (nSPS) is 14.9. The van der Waals surface area contributed by atoms with Crippen molar-refractivity contribution < 1.29 is 9.53 Å². The molecule has 0 bridgehead atoms. The van der Waals surface area contributed by atoms with Crippen LogP contribution < -0.4 is 10.2 Å². The van der Waals surface area contributed by atoms with Gasteiger partial charge in [-0.1, -0.05) is 60.1 Å². The number of piperazine rings is 1. The van der Waals surface area contributed by atoms with Crippen LogP contribution in [0.4, 0.5) is 0 Å². The number of para-hydroxylation sites is 1. The number of nitrogens with zero attached hydrogens (tertiary/aromatic N) is 3. The van der Waals surface area contributed by atoms with Gasteiger partial charge in [-0.2, -0.15) is 5.10 Å². The number of ether oxygens (including phenoxy) is 1. The number of carbonyl (C=O) groups is 1. The van der Waals surface area contributed by atoms with Crippen LogP contribution in [-0.2, 0) is 11.3 Å². The van der Waals surface area contributed by atoms with Gasteiger partial charge in [-0.05, 0) is 41.5 Å². The summed E-state index contributed by atoms with van der Waals surface area (Å²) in [5.74, 6) is 1.36. The van der Waals surface area contributed by atoms with Gasteiger partial charge in [0.15, 0.2) is 0 Å². The van der Waals surface area contributed by atoms with E-state index in [4.69, 9.17) is 16.3 Å². The molecule has 1 heterocycles. The van der Waals surface area contributed by atoms with E-state index in [9.17, 15) is 4.79 Å². The lowest BCUT2D eigenvalue weighted by atomic mass is 10.2. The Morgan fingerprint density at radius 3 is 2.39 bits per heavy atom.